The highest BCUT2D eigenvalue weighted by atomic mass is 16.4. The molecule has 0 saturated heterocycles. The summed E-state index contributed by atoms with van der Waals surface area (Å²) < 4.78 is 0. The summed E-state index contributed by atoms with van der Waals surface area (Å²) in [6, 6.07) is 9.53. The molecule has 3 nitrogen and oxygen atoms in total. The summed E-state index contributed by atoms with van der Waals surface area (Å²) in [5.41, 5.74) is 3.80. The molecule has 1 aromatic carbocycles. The number of carbonyl (C=O) groups excluding carboxylic acids is 1. The van der Waals surface area contributed by atoms with E-state index in [0.717, 1.165) is 5.56 Å². The highest BCUT2D eigenvalue weighted by Gasteiger charge is 2.26. The molecule has 0 radical (unpaired) electrons. The van der Waals surface area contributed by atoms with Crippen LogP contribution in [-0.2, 0) is 11.2 Å². The van der Waals surface area contributed by atoms with Crippen molar-refractivity contribution in [1.29, 1.82) is 0 Å². The molecule has 1 aromatic rings. The van der Waals surface area contributed by atoms with E-state index in [9.17, 15) is 9.90 Å². The first-order chi connectivity index (χ1) is 6.58. The third-order valence-electron chi connectivity index (χ3n) is 2.48. The van der Waals surface area contributed by atoms with Crippen molar-refractivity contribution in [3.8, 4) is 0 Å². The van der Waals surface area contributed by atoms with Gasteiger partial charge < -0.3 is 15.6 Å². The van der Waals surface area contributed by atoms with Crippen LogP contribution in [0, 0.1) is 5.41 Å². The number of benzene rings is 1. The lowest BCUT2D eigenvalue weighted by atomic mass is 9.84. The van der Waals surface area contributed by atoms with Crippen molar-refractivity contribution in [3.63, 3.8) is 0 Å². The van der Waals surface area contributed by atoms with Crippen molar-refractivity contribution in [1.82, 2.24) is 0 Å². The van der Waals surface area contributed by atoms with Crippen molar-refractivity contribution in [3.05, 3.63) is 35.9 Å². The first-order valence-electron chi connectivity index (χ1n) is 4.63. The Balaban J connectivity index is 2.81. The van der Waals surface area contributed by atoms with Crippen LogP contribution in [0.3, 0.4) is 0 Å². The van der Waals surface area contributed by atoms with Gasteiger partial charge in [-0.25, -0.2) is 0 Å². The lowest BCUT2D eigenvalue weighted by molar-refractivity contribution is -0.400. The zero-order chi connectivity index (χ0) is 10.6. The van der Waals surface area contributed by atoms with Crippen LogP contribution in [0.15, 0.2) is 30.3 Å². The van der Waals surface area contributed by atoms with E-state index in [2.05, 4.69) is 5.73 Å². The van der Waals surface area contributed by atoms with E-state index in [1.807, 2.05) is 30.3 Å². The molecule has 3 heteroatoms. The number of quaternary nitrogens is 1. The van der Waals surface area contributed by atoms with Crippen LogP contribution in [0.4, 0.5) is 0 Å². The predicted molar refractivity (Wildman–Crippen MR) is 51.0 cm³/mol. The van der Waals surface area contributed by atoms with Crippen LogP contribution in [-0.4, -0.2) is 12.5 Å². The summed E-state index contributed by atoms with van der Waals surface area (Å²) >= 11 is 0. The summed E-state index contributed by atoms with van der Waals surface area (Å²) in [5, 5.41) is 10.9. The second-order valence-electron chi connectivity index (χ2n) is 3.76. The minimum absolute atomic E-state index is 0.338. The van der Waals surface area contributed by atoms with Crippen molar-refractivity contribution in [2.75, 3.05) is 6.54 Å². The fourth-order valence-electron chi connectivity index (χ4n) is 1.31. The van der Waals surface area contributed by atoms with Gasteiger partial charge in [-0.1, -0.05) is 30.3 Å². The summed E-state index contributed by atoms with van der Waals surface area (Å²) in [4.78, 5) is 10.9. The Kier molecular flexibility index (Phi) is 3.25. The van der Waals surface area contributed by atoms with Crippen molar-refractivity contribution in [2.45, 2.75) is 13.3 Å². The molecule has 0 aromatic heterocycles. The van der Waals surface area contributed by atoms with Crippen LogP contribution < -0.4 is 10.8 Å². The van der Waals surface area contributed by atoms with Gasteiger partial charge in [0.25, 0.3) is 0 Å². The number of rotatable bonds is 4. The Morgan fingerprint density at radius 2 is 2.00 bits per heavy atom. The number of hydrogen-bond donors (Lipinski definition) is 1. The van der Waals surface area contributed by atoms with Crippen molar-refractivity contribution < 1.29 is 15.6 Å². The number of hydrogen-bond acceptors (Lipinski definition) is 2. The Hall–Kier alpha value is -1.35. The largest absolute Gasteiger partial charge is 0.549 e. The molecule has 0 aliphatic carbocycles. The molecule has 14 heavy (non-hydrogen) atoms. The van der Waals surface area contributed by atoms with Crippen molar-refractivity contribution >= 4 is 5.97 Å². The van der Waals surface area contributed by atoms with Gasteiger partial charge in [-0.3, -0.25) is 0 Å². The van der Waals surface area contributed by atoms with Gasteiger partial charge >= 0.3 is 0 Å². The summed E-state index contributed by atoms with van der Waals surface area (Å²) in [5.74, 6) is -1.03. The highest BCUT2D eigenvalue weighted by Crippen LogP contribution is 2.19. The Labute approximate surface area is 83.6 Å². The molecule has 1 rings (SSSR count). The van der Waals surface area contributed by atoms with Crippen molar-refractivity contribution in [2.24, 2.45) is 5.41 Å². The Morgan fingerprint density at radius 1 is 1.43 bits per heavy atom. The molecule has 0 fully saturated rings. The average Bonchev–Trinajstić information content (AvgIpc) is 2.19. The van der Waals surface area contributed by atoms with Crippen LogP contribution in [0.25, 0.3) is 0 Å². The van der Waals surface area contributed by atoms with Gasteiger partial charge in [0.05, 0.1) is 17.9 Å². The van der Waals surface area contributed by atoms with Crippen LogP contribution >= 0.6 is 0 Å². The van der Waals surface area contributed by atoms with Gasteiger partial charge in [-0.15, -0.1) is 0 Å². The zero-order valence-electron chi connectivity index (χ0n) is 8.32. The minimum atomic E-state index is -1.03. The molecule has 0 unspecified atom stereocenters. The van der Waals surface area contributed by atoms with E-state index in [4.69, 9.17) is 0 Å². The van der Waals surface area contributed by atoms with E-state index in [1.54, 1.807) is 6.92 Å². The Bertz CT molecular complexity index is 310. The third kappa shape index (κ3) is 2.33. The van der Waals surface area contributed by atoms with Crippen LogP contribution in [0.5, 0.6) is 0 Å². The molecule has 0 aliphatic heterocycles. The molecule has 1 atom stereocenters. The lowest BCUT2D eigenvalue weighted by Crippen LogP contribution is -2.62. The van der Waals surface area contributed by atoms with Gasteiger partial charge in [-0.05, 0) is 18.9 Å². The van der Waals surface area contributed by atoms with E-state index in [-0.39, 0.29) is 0 Å². The van der Waals surface area contributed by atoms with Gasteiger partial charge in [0.1, 0.15) is 0 Å². The quantitative estimate of drug-likeness (QED) is 0.682. The number of aliphatic carboxylic acids is 1. The monoisotopic (exact) mass is 193 g/mol. The van der Waals surface area contributed by atoms with Gasteiger partial charge in [0.2, 0.25) is 0 Å². The maximum absolute atomic E-state index is 10.9. The summed E-state index contributed by atoms with van der Waals surface area (Å²) in [6.07, 6.45) is 0.472. The van der Waals surface area contributed by atoms with E-state index < -0.39 is 11.4 Å². The number of carboxylic acids is 1. The molecular formula is C11H15NO2. The van der Waals surface area contributed by atoms with E-state index in [1.165, 1.54) is 0 Å². The molecule has 0 saturated carbocycles. The molecular weight excluding hydrogens is 178 g/mol. The van der Waals surface area contributed by atoms with E-state index in [0.29, 0.717) is 13.0 Å². The lowest BCUT2D eigenvalue weighted by Gasteiger charge is -2.26. The fourth-order valence-corrected chi connectivity index (χ4v) is 1.31. The normalized spacial score (nSPS) is 14.7. The molecule has 76 valence electrons. The van der Waals surface area contributed by atoms with Crippen LogP contribution in [0.1, 0.15) is 12.5 Å². The molecule has 3 N–H and O–H groups in total. The first kappa shape index (κ1) is 10.7. The van der Waals surface area contributed by atoms with Gasteiger partial charge in [0, 0.05) is 0 Å². The molecule has 0 amide bonds. The second kappa shape index (κ2) is 4.24. The van der Waals surface area contributed by atoms with Gasteiger partial charge in [-0.2, -0.15) is 0 Å². The second-order valence-corrected chi connectivity index (χ2v) is 3.76. The van der Waals surface area contributed by atoms with E-state index >= 15 is 0 Å². The molecule has 0 bridgehead atoms. The molecule has 0 aliphatic rings. The Morgan fingerprint density at radius 3 is 2.43 bits per heavy atom. The number of carboxylic acid groups (broad SMARTS) is 1. The highest BCUT2D eigenvalue weighted by molar-refractivity contribution is 5.72. The minimum Gasteiger partial charge on any atom is -0.549 e. The predicted octanol–water partition coefficient (Wildman–Crippen LogP) is -0.773. The topological polar surface area (TPSA) is 67.8 Å². The fraction of sp³-hybridized carbons (Fsp3) is 0.364. The summed E-state index contributed by atoms with van der Waals surface area (Å²) in [6.45, 7) is 2.01. The maximum atomic E-state index is 10.9. The van der Waals surface area contributed by atoms with Crippen LogP contribution in [0.2, 0.25) is 0 Å². The molecule has 0 heterocycles. The number of carbonyl (C=O) groups is 1. The SMILES string of the molecule is C[C@](C[NH3+])(Cc1ccccc1)C(=O)[O-]. The smallest absolute Gasteiger partial charge is 0.0850 e. The maximum Gasteiger partial charge on any atom is 0.0850 e. The third-order valence-corrected chi connectivity index (χ3v) is 2.48. The molecule has 0 spiro atoms. The first-order valence-corrected chi connectivity index (χ1v) is 4.63. The summed E-state index contributed by atoms with van der Waals surface area (Å²) in [7, 11) is 0. The standard InChI is InChI=1S/C11H15NO2/c1-11(8-12,10(13)14)7-9-5-3-2-4-6-9/h2-6H,7-8,12H2,1H3,(H,13,14)/t11-/m1/s1. The average molecular weight is 193 g/mol. The van der Waals surface area contributed by atoms with Gasteiger partial charge in [0.15, 0.2) is 0 Å². The zero-order valence-corrected chi connectivity index (χ0v) is 8.32.